The largest absolute Gasteiger partial charge is 0.384 e. The van der Waals surface area contributed by atoms with Crippen LogP contribution in [-0.2, 0) is 4.74 Å². The predicted molar refractivity (Wildman–Crippen MR) is 64.6 cm³/mol. The van der Waals surface area contributed by atoms with Crippen molar-refractivity contribution in [3.8, 4) is 0 Å². The predicted octanol–water partition coefficient (Wildman–Crippen LogP) is 1.97. The zero-order valence-corrected chi connectivity index (χ0v) is 9.90. The maximum atomic E-state index is 6.12. The number of aryl methyl sites for hydroxylation is 1. The van der Waals surface area contributed by atoms with Crippen molar-refractivity contribution >= 4 is 11.5 Å². The molecular formula is C12H17N3O. The number of pyridine rings is 1. The first-order valence-corrected chi connectivity index (χ1v) is 5.37. The minimum Gasteiger partial charge on any atom is -0.384 e. The monoisotopic (exact) mass is 219 g/mol. The summed E-state index contributed by atoms with van der Waals surface area (Å²) in [5.74, 6) is 0.932. The maximum Gasteiger partial charge on any atom is 0.138 e. The SMILES string of the molecule is COCC(C)c1nc2cccc(C)n2c1N. The Kier molecular flexibility index (Phi) is 2.83. The summed E-state index contributed by atoms with van der Waals surface area (Å²) in [5.41, 5.74) is 9.02. The Morgan fingerprint density at radius 1 is 1.50 bits per heavy atom. The Morgan fingerprint density at radius 2 is 2.25 bits per heavy atom. The summed E-state index contributed by atoms with van der Waals surface area (Å²) < 4.78 is 7.11. The van der Waals surface area contributed by atoms with Crippen LogP contribution in [0, 0.1) is 6.92 Å². The average molecular weight is 219 g/mol. The Morgan fingerprint density at radius 3 is 2.88 bits per heavy atom. The molecule has 0 aliphatic carbocycles. The van der Waals surface area contributed by atoms with Gasteiger partial charge in [0.1, 0.15) is 11.5 Å². The van der Waals surface area contributed by atoms with Gasteiger partial charge in [0.2, 0.25) is 0 Å². The summed E-state index contributed by atoms with van der Waals surface area (Å²) in [7, 11) is 1.69. The van der Waals surface area contributed by atoms with Crippen LogP contribution in [0.2, 0.25) is 0 Å². The molecule has 0 saturated carbocycles. The first-order chi connectivity index (χ1) is 7.65. The third-order valence-electron chi connectivity index (χ3n) is 2.79. The molecule has 2 aromatic rings. The van der Waals surface area contributed by atoms with Crippen LogP contribution in [0.1, 0.15) is 24.2 Å². The van der Waals surface area contributed by atoms with Gasteiger partial charge >= 0.3 is 0 Å². The molecule has 0 aromatic carbocycles. The number of methoxy groups -OCH3 is 1. The molecule has 0 amide bonds. The Hall–Kier alpha value is -1.55. The fraction of sp³-hybridized carbons (Fsp3) is 0.417. The third-order valence-corrected chi connectivity index (χ3v) is 2.79. The van der Waals surface area contributed by atoms with E-state index in [9.17, 15) is 0 Å². The number of nitrogen functional groups attached to an aromatic ring is 1. The van der Waals surface area contributed by atoms with Gasteiger partial charge in [0.15, 0.2) is 0 Å². The molecule has 0 spiro atoms. The van der Waals surface area contributed by atoms with E-state index in [1.54, 1.807) is 7.11 Å². The normalized spacial score (nSPS) is 13.2. The van der Waals surface area contributed by atoms with Gasteiger partial charge in [-0.1, -0.05) is 13.0 Å². The van der Waals surface area contributed by atoms with Gasteiger partial charge in [-0.05, 0) is 19.1 Å². The van der Waals surface area contributed by atoms with Crippen LogP contribution in [0.25, 0.3) is 5.65 Å². The van der Waals surface area contributed by atoms with E-state index >= 15 is 0 Å². The van der Waals surface area contributed by atoms with Crippen molar-refractivity contribution in [3.63, 3.8) is 0 Å². The van der Waals surface area contributed by atoms with E-state index in [1.165, 1.54) is 0 Å². The number of ether oxygens (including phenoxy) is 1. The van der Waals surface area contributed by atoms with Gasteiger partial charge in [0.05, 0.1) is 12.3 Å². The molecule has 4 nitrogen and oxygen atoms in total. The first-order valence-electron chi connectivity index (χ1n) is 5.37. The van der Waals surface area contributed by atoms with E-state index < -0.39 is 0 Å². The van der Waals surface area contributed by atoms with Crippen LogP contribution in [0.15, 0.2) is 18.2 Å². The second-order valence-electron chi connectivity index (χ2n) is 4.10. The van der Waals surface area contributed by atoms with Crippen molar-refractivity contribution in [1.29, 1.82) is 0 Å². The number of hydrogen-bond donors (Lipinski definition) is 1. The number of nitrogens with zero attached hydrogens (tertiary/aromatic N) is 2. The van der Waals surface area contributed by atoms with Gasteiger partial charge in [-0.2, -0.15) is 0 Å². The topological polar surface area (TPSA) is 52.5 Å². The molecule has 0 radical (unpaired) electrons. The van der Waals surface area contributed by atoms with E-state index in [2.05, 4.69) is 11.9 Å². The molecule has 2 rings (SSSR count). The number of fused-ring (bicyclic) bond motifs is 1. The van der Waals surface area contributed by atoms with Crippen molar-refractivity contribution < 1.29 is 4.74 Å². The van der Waals surface area contributed by atoms with Crippen LogP contribution in [0.4, 0.5) is 5.82 Å². The highest BCUT2D eigenvalue weighted by Crippen LogP contribution is 2.24. The number of rotatable bonds is 3. The summed E-state index contributed by atoms with van der Waals surface area (Å²) in [5, 5.41) is 0. The number of aromatic nitrogens is 2. The van der Waals surface area contributed by atoms with Crippen LogP contribution in [-0.4, -0.2) is 23.1 Å². The van der Waals surface area contributed by atoms with E-state index in [0.29, 0.717) is 6.61 Å². The molecule has 0 aliphatic heterocycles. The van der Waals surface area contributed by atoms with E-state index in [-0.39, 0.29) is 5.92 Å². The van der Waals surface area contributed by atoms with Crippen molar-refractivity contribution in [2.45, 2.75) is 19.8 Å². The zero-order valence-electron chi connectivity index (χ0n) is 9.90. The minimum atomic E-state index is 0.212. The first kappa shape index (κ1) is 11.0. The second kappa shape index (κ2) is 4.14. The van der Waals surface area contributed by atoms with E-state index in [0.717, 1.165) is 22.9 Å². The number of imidazole rings is 1. The Balaban J connectivity index is 2.56. The van der Waals surface area contributed by atoms with Crippen LogP contribution >= 0.6 is 0 Å². The summed E-state index contributed by atoms with van der Waals surface area (Å²) in [6.45, 7) is 4.72. The fourth-order valence-electron chi connectivity index (χ4n) is 1.99. The number of nitrogens with two attached hydrogens (primary N) is 1. The standard InChI is InChI=1S/C12H17N3O/c1-8(7-16-3)11-12(13)15-9(2)5-4-6-10(15)14-11/h4-6,8H,7,13H2,1-3H3. The molecule has 16 heavy (non-hydrogen) atoms. The smallest absolute Gasteiger partial charge is 0.138 e. The maximum absolute atomic E-state index is 6.12. The molecule has 0 fully saturated rings. The van der Waals surface area contributed by atoms with Crippen molar-refractivity contribution in [2.24, 2.45) is 0 Å². The number of anilines is 1. The molecule has 86 valence electrons. The highest BCUT2D eigenvalue weighted by molar-refractivity contribution is 5.55. The summed E-state index contributed by atoms with van der Waals surface area (Å²) in [6, 6.07) is 5.98. The molecule has 2 N–H and O–H groups in total. The van der Waals surface area contributed by atoms with Gasteiger partial charge < -0.3 is 10.5 Å². The van der Waals surface area contributed by atoms with Gasteiger partial charge in [-0.15, -0.1) is 0 Å². The van der Waals surface area contributed by atoms with E-state index in [4.69, 9.17) is 10.5 Å². The van der Waals surface area contributed by atoms with Crippen LogP contribution < -0.4 is 5.73 Å². The molecule has 2 heterocycles. The van der Waals surface area contributed by atoms with Gasteiger partial charge in [0.25, 0.3) is 0 Å². The quantitative estimate of drug-likeness (QED) is 0.858. The summed E-state index contributed by atoms with van der Waals surface area (Å²) in [6.07, 6.45) is 0. The van der Waals surface area contributed by atoms with E-state index in [1.807, 2.05) is 29.5 Å². The van der Waals surface area contributed by atoms with Gasteiger partial charge in [-0.3, -0.25) is 4.40 Å². The van der Waals surface area contributed by atoms with Gasteiger partial charge in [-0.25, -0.2) is 4.98 Å². The van der Waals surface area contributed by atoms with Crippen molar-refractivity contribution in [2.75, 3.05) is 19.5 Å². The van der Waals surface area contributed by atoms with Crippen molar-refractivity contribution in [3.05, 3.63) is 29.6 Å². The Labute approximate surface area is 95.0 Å². The van der Waals surface area contributed by atoms with Crippen LogP contribution in [0.3, 0.4) is 0 Å². The van der Waals surface area contributed by atoms with Crippen molar-refractivity contribution in [1.82, 2.24) is 9.38 Å². The van der Waals surface area contributed by atoms with Crippen LogP contribution in [0.5, 0.6) is 0 Å². The highest BCUT2D eigenvalue weighted by Gasteiger charge is 2.16. The lowest BCUT2D eigenvalue weighted by Crippen LogP contribution is -2.06. The Bertz CT molecular complexity index is 504. The van der Waals surface area contributed by atoms with Gasteiger partial charge in [0, 0.05) is 18.7 Å². The average Bonchev–Trinajstić information content (AvgIpc) is 2.58. The zero-order chi connectivity index (χ0) is 11.7. The second-order valence-corrected chi connectivity index (χ2v) is 4.10. The summed E-state index contributed by atoms with van der Waals surface area (Å²) in [4.78, 5) is 4.55. The third kappa shape index (κ3) is 1.65. The lowest BCUT2D eigenvalue weighted by Gasteiger charge is -2.08. The molecule has 0 bridgehead atoms. The molecule has 4 heteroatoms. The lowest BCUT2D eigenvalue weighted by molar-refractivity contribution is 0.183. The lowest BCUT2D eigenvalue weighted by atomic mass is 10.1. The fourth-order valence-corrected chi connectivity index (χ4v) is 1.99. The molecule has 1 atom stereocenters. The molecular weight excluding hydrogens is 202 g/mol. The summed E-state index contributed by atoms with van der Waals surface area (Å²) >= 11 is 0. The molecule has 2 aromatic heterocycles. The molecule has 0 aliphatic rings. The molecule has 0 saturated heterocycles. The highest BCUT2D eigenvalue weighted by atomic mass is 16.5. The molecule has 1 unspecified atom stereocenters. The minimum absolute atomic E-state index is 0.212. The number of hydrogen-bond acceptors (Lipinski definition) is 3.